The summed E-state index contributed by atoms with van der Waals surface area (Å²) in [6, 6.07) is 16.9. The molecule has 0 spiro atoms. The maximum atomic E-state index is 15.6. The van der Waals surface area contributed by atoms with Crippen LogP contribution in [0.2, 0.25) is 0 Å². The lowest BCUT2D eigenvalue weighted by Crippen LogP contribution is -2.44. The number of nitrogens with one attached hydrogen (secondary N) is 2. The maximum Gasteiger partial charge on any atom is 0.269 e. The maximum absolute atomic E-state index is 15.6. The summed E-state index contributed by atoms with van der Waals surface area (Å²) >= 11 is 0. The highest BCUT2D eigenvalue weighted by atomic mass is 19.1. The van der Waals surface area contributed by atoms with Gasteiger partial charge in [0.1, 0.15) is 24.8 Å². The van der Waals surface area contributed by atoms with Gasteiger partial charge in [0.15, 0.2) is 17.2 Å². The standard InChI is InChI=1S/C29H22F2N8O3/c30-16-11-24(38(13-16)25(40)14-39-23-7-2-1-4-19(23)27(37-39)28(33)41)29(42)34-20-6-3-5-17(26(20)31)15-8-9-18-21(10-15)35-36-22(18)12-32/h1-10,16,24H,11,13-14H2,(H2,33,41)(H,34,42)(H,35,36)/t16-,24+/m1/s1. The van der Waals surface area contributed by atoms with E-state index in [0.29, 0.717) is 27.4 Å². The zero-order chi connectivity index (χ0) is 29.5. The molecule has 0 bridgehead atoms. The number of primary amides is 1. The Hall–Kier alpha value is -5.64. The molecule has 0 saturated carbocycles. The summed E-state index contributed by atoms with van der Waals surface area (Å²) in [5, 5.41) is 23.6. The lowest BCUT2D eigenvalue weighted by atomic mass is 10.0. The zero-order valence-corrected chi connectivity index (χ0v) is 21.8. The van der Waals surface area contributed by atoms with Crippen LogP contribution in [0.3, 0.4) is 0 Å². The predicted octanol–water partition coefficient (Wildman–Crippen LogP) is 3.27. The third-order valence-corrected chi connectivity index (χ3v) is 7.29. The van der Waals surface area contributed by atoms with Crippen LogP contribution in [-0.4, -0.2) is 61.4 Å². The van der Waals surface area contributed by atoms with Gasteiger partial charge in [-0.05, 0) is 29.8 Å². The average molecular weight is 569 g/mol. The van der Waals surface area contributed by atoms with Crippen molar-refractivity contribution in [1.29, 1.82) is 5.26 Å². The molecule has 6 rings (SSSR count). The molecule has 0 aliphatic carbocycles. The fourth-order valence-corrected chi connectivity index (χ4v) is 5.30. The lowest BCUT2D eigenvalue weighted by Gasteiger charge is -2.24. The highest BCUT2D eigenvalue weighted by molar-refractivity contribution is 6.04. The van der Waals surface area contributed by atoms with Crippen LogP contribution in [0.1, 0.15) is 22.6 Å². The number of halogens is 2. The fraction of sp³-hybridized carbons (Fsp3) is 0.172. The summed E-state index contributed by atoms with van der Waals surface area (Å²) in [4.78, 5) is 39.5. The monoisotopic (exact) mass is 568 g/mol. The molecule has 2 atom stereocenters. The number of benzene rings is 3. The van der Waals surface area contributed by atoms with Gasteiger partial charge in [0.25, 0.3) is 5.91 Å². The molecule has 1 aliphatic heterocycles. The minimum atomic E-state index is -1.46. The Kier molecular flexibility index (Phi) is 6.58. The van der Waals surface area contributed by atoms with Gasteiger partial charge in [-0.25, -0.2) is 8.78 Å². The summed E-state index contributed by atoms with van der Waals surface area (Å²) in [6.45, 7) is -0.687. The van der Waals surface area contributed by atoms with Crippen molar-refractivity contribution in [1.82, 2.24) is 24.9 Å². The summed E-state index contributed by atoms with van der Waals surface area (Å²) < 4.78 is 31.5. The van der Waals surface area contributed by atoms with E-state index in [1.54, 1.807) is 48.5 Å². The van der Waals surface area contributed by atoms with Crippen molar-refractivity contribution in [2.45, 2.75) is 25.2 Å². The van der Waals surface area contributed by atoms with E-state index in [4.69, 9.17) is 11.0 Å². The molecular formula is C29H22F2N8O3. The molecule has 2 aromatic heterocycles. The number of aromatic amines is 1. The molecule has 5 aromatic rings. The van der Waals surface area contributed by atoms with Gasteiger partial charge in [-0.3, -0.25) is 24.2 Å². The van der Waals surface area contributed by atoms with Crippen LogP contribution in [-0.2, 0) is 16.1 Å². The summed E-state index contributed by atoms with van der Waals surface area (Å²) in [7, 11) is 0. The number of hydrogen-bond acceptors (Lipinski definition) is 6. The highest BCUT2D eigenvalue weighted by Gasteiger charge is 2.40. The molecule has 42 heavy (non-hydrogen) atoms. The number of nitriles is 1. The number of amides is 3. The van der Waals surface area contributed by atoms with Crippen LogP contribution in [0.15, 0.2) is 60.7 Å². The number of para-hydroxylation sites is 1. The second-order valence-electron chi connectivity index (χ2n) is 9.88. The van der Waals surface area contributed by atoms with E-state index in [0.717, 1.165) is 4.90 Å². The van der Waals surface area contributed by atoms with Crippen LogP contribution >= 0.6 is 0 Å². The smallest absolute Gasteiger partial charge is 0.269 e. The first-order chi connectivity index (χ1) is 20.2. The molecular weight excluding hydrogens is 546 g/mol. The van der Waals surface area contributed by atoms with Crippen molar-refractivity contribution >= 4 is 45.2 Å². The number of carbonyl (C=O) groups is 3. The second-order valence-corrected chi connectivity index (χ2v) is 9.88. The third-order valence-electron chi connectivity index (χ3n) is 7.29. The summed E-state index contributed by atoms with van der Waals surface area (Å²) in [5.74, 6) is -2.83. The first kappa shape index (κ1) is 26.6. The molecule has 1 aliphatic rings. The van der Waals surface area contributed by atoms with Crippen LogP contribution in [0.4, 0.5) is 14.5 Å². The van der Waals surface area contributed by atoms with E-state index in [9.17, 15) is 18.8 Å². The van der Waals surface area contributed by atoms with Crippen molar-refractivity contribution in [2.75, 3.05) is 11.9 Å². The Balaban J connectivity index is 1.23. The fourth-order valence-electron chi connectivity index (χ4n) is 5.30. The van der Waals surface area contributed by atoms with Gasteiger partial charge in [-0.1, -0.05) is 36.4 Å². The summed E-state index contributed by atoms with van der Waals surface area (Å²) in [5.41, 5.74) is 7.18. The van der Waals surface area contributed by atoms with E-state index < -0.39 is 35.8 Å². The zero-order valence-electron chi connectivity index (χ0n) is 21.8. The number of carbonyl (C=O) groups excluding carboxylic acids is 3. The Bertz CT molecular complexity index is 1940. The molecule has 210 valence electrons. The van der Waals surface area contributed by atoms with Crippen LogP contribution in [0, 0.1) is 17.1 Å². The van der Waals surface area contributed by atoms with Gasteiger partial charge in [0.05, 0.1) is 23.3 Å². The number of fused-ring (bicyclic) bond motifs is 2. The number of alkyl halides is 1. The number of nitrogens with two attached hydrogens (primary N) is 1. The van der Waals surface area contributed by atoms with Crippen molar-refractivity contribution in [3.05, 3.63) is 77.9 Å². The number of nitrogens with zero attached hydrogens (tertiary/aromatic N) is 5. The Morgan fingerprint density at radius 1 is 1.12 bits per heavy atom. The molecule has 3 heterocycles. The second kappa shape index (κ2) is 10.4. The first-order valence-corrected chi connectivity index (χ1v) is 12.9. The van der Waals surface area contributed by atoms with Gasteiger partial charge < -0.3 is 16.0 Å². The van der Waals surface area contributed by atoms with Crippen molar-refractivity contribution < 1.29 is 23.2 Å². The van der Waals surface area contributed by atoms with Crippen LogP contribution in [0.25, 0.3) is 32.9 Å². The van der Waals surface area contributed by atoms with Gasteiger partial charge in [-0.2, -0.15) is 15.5 Å². The van der Waals surface area contributed by atoms with Crippen molar-refractivity contribution in [3.63, 3.8) is 0 Å². The number of rotatable bonds is 6. The molecule has 4 N–H and O–H groups in total. The van der Waals surface area contributed by atoms with Gasteiger partial charge in [0.2, 0.25) is 11.8 Å². The predicted molar refractivity (Wildman–Crippen MR) is 148 cm³/mol. The van der Waals surface area contributed by atoms with Crippen molar-refractivity contribution in [3.8, 4) is 17.2 Å². The molecule has 3 amide bonds. The quantitative estimate of drug-likeness (QED) is 0.285. The van der Waals surface area contributed by atoms with E-state index >= 15 is 4.39 Å². The minimum absolute atomic E-state index is 0.00924. The highest BCUT2D eigenvalue weighted by Crippen LogP contribution is 2.31. The third kappa shape index (κ3) is 4.58. The Morgan fingerprint density at radius 3 is 2.71 bits per heavy atom. The first-order valence-electron chi connectivity index (χ1n) is 12.9. The van der Waals surface area contributed by atoms with Crippen LogP contribution in [0.5, 0.6) is 0 Å². The van der Waals surface area contributed by atoms with E-state index in [-0.39, 0.29) is 42.1 Å². The molecule has 13 heteroatoms. The number of hydrogen-bond donors (Lipinski definition) is 3. The van der Waals surface area contributed by atoms with Gasteiger partial charge in [0, 0.05) is 22.8 Å². The van der Waals surface area contributed by atoms with Crippen LogP contribution < -0.4 is 11.1 Å². The molecule has 11 nitrogen and oxygen atoms in total. The van der Waals surface area contributed by atoms with E-state index in [1.807, 2.05) is 6.07 Å². The molecule has 0 radical (unpaired) electrons. The molecule has 1 saturated heterocycles. The Labute approximate surface area is 236 Å². The number of anilines is 1. The van der Waals surface area contributed by atoms with E-state index in [1.165, 1.54) is 16.8 Å². The molecule has 1 fully saturated rings. The normalized spacial score (nSPS) is 16.5. The summed E-state index contributed by atoms with van der Waals surface area (Å²) in [6.07, 6.45) is -1.72. The molecule has 0 unspecified atom stereocenters. The topological polar surface area (TPSA) is 163 Å². The molecule has 3 aromatic carbocycles. The van der Waals surface area contributed by atoms with Gasteiger partial charge >= 0.3 is 0 Å². The number of aromatic nitrogens is 4. The Morgan fingerprint density at radius 2 is 1.93 bits per heavy atom. The van der Waals surface area contributed by atoms with Gasteiger partial charge in [-0.15, -0.1) is 0 Å². The van der Waals surface area contributed by atoms with E-state index in [2.05, 4.69) is 20.6 Å². The number of H-pyrrole nitrogens is 1. The van der Waals surface area contributed by atoms with Crippen molar-refractivity contribution in [2.24, 2.45) is 5.73 Å². The largest absolute Gasteiger partial charge is 0.364 e. The lowest BCUT2D eigenvalue weighted by molar-refractivity contribution is -0.137. The average Bonchev–Trinajstić information content (AvgIpc) is 3.69. The SMILES string of the molecule is N#Cc1n[nH]c2cc(-c3cccc(NC(=O)[C@@H]4C[C@@H](F)CN4C(=O)Cn4nc(C(N)=O)c5ccccc54)c3F)ccc12. The minimum Gasteiger partial charge on any atom is -0.364 e. The number of likely N-dealkylation sites (tertiary alicyclic amines) is 1.